The molecule has 1 heterocycles. The quantitative estimate of drug-likeness (QED) is 0.536. The van der Waals surface area contributed by atoms with Gasteiger partial charge < -0.3 is 14.9 Å². The number of nitrogens with one attached hydrogen (secondary N) is 3. The van der Waals surface area contributed by atoms with Gasteiger partial charge in [-0.1, -0.05) is 0 Å². The molecule has 2 aromatic rings. The largest absolute Gasteiger partial charge is 0.598 e. The molecule has 1 atom stereocenters. The number of carbonyl (C=O) groups excluding carboxylic acids is 1. The van der Waals surface area contributed by atoms with E-state index in [1.807, 2.05) is 51.2 Å². The zero-order valence-electron chi connectivity index (χ0n) is 13.9. The van der Waals surface area contributed by atoms with Crippen molar-refractivity contribution in [3.05, 3.63) is 30.5 Å². The highest BCUT2D eigenvalue weighted by Crippen LogP contribution is 2.18. The number of benzene rings is 1. The Morgan fingerprint density at radius 2 is 2.04 bits per heavy atom. The Balaban J connectivity index is 1.67. The van der Waals surface area contributed by atoms with Crippen molar-refractivity contribution in [3.63, 3.8) is 0 Å². The number of aromatic nitrogens is 1. The number of rotatable bonds is 7. The maximum atomic E-state index is 11.9. The number of anilines is 1. The van der Waals surface area contributed by atoms with Gasteiger partial charge in [-0.2, -0.15) is 0 Å². The van der Waals surface area contributed by atoms with Crippen LogP contribution in [0.25, 0.3) is 10.9 Å². The molecule has 0 bridgehead atoms. The van der Waals surface area contributed by atoms with Crippen molar-refractivity contribution in [2.45, 2.75) is 44.8 Å². The topological polar surface area (TPSA) is 80.0 Å². The molecular weight excluding hydrogens is 310 g/mol. The zero-order valence-corrected chi connectivity index (χ0v) is 14.8. The molecule has 126 valence electrons. The van der Waals surface area contributed by atoms with Crippen LogP contribution < -0.4 is 10.0 Å². The van der Waals surface area contributed by atoms with Crippen molar-refractivity contribution in [2.75, 3.05) is 11.9 Å². The molecule has 1 unspecified atom stereocenters. The molecule has 1 amide bonds. The van der Waals surface area contributed by atoms with Gasteiger partial charge in [0.2, 0.25) is 5.91 Å². The van der Waals surface area contributed by atoms with E-state index in [-0.39, 0.29) is 10.7 Å². The molecule has 0 aliphatic rings. The first-order chi connectivity index (χ1) is 10.9. The molecule has 1 aromatic carbocycles. The molecule has 3 N–H and O–H groups in total. The van der Waals surface area contributed by atoms with E-state index in [4.69, 9.17) is 0 Å². The van der Waals surface area contributed by atoms with Crippen molar-refractivity contribution >= 4 is 33.9 Å². The van der Waals surface area contributed by atoms with Gasteiger partial charge in [-0.3, -0.25) is 4.79 Å². The van der Waals surface area contributed by atoms with Gasteiger partial charge in [-0.25, -0.2) is 0 Å². The summed E-state index contributed by atoms with van der Waals surface area (Å²) < 4.78 is 14.6. The number of unbranched alkanes of at least 4 members (excludes halogenated alkanes) is 1. The Hall–Kier alpha value is -1.50. The highest BCUT2D eigenvalue weighted by atomic mass is 32.2. The first kappa shape index (κ1) is 17.8. The summed E-state index contributed by atoms with van der Waals surface area (Å²) in [5, 5.41) is 3.99. The second-order valence-corrected chi connectivity index (χ2v) is 8.61. The Bertz CT molecular complexity index is 649. The maximum absolute atomic E-state index is 11.9. The van der Waals surface area contributed by atoms with E-state index in [1.54, 1.807) is 0 Å². The first-order valence-corrected chi connectivity index (χ1v) is 9.03. The normalized spacial score (nSPS) is 13.2. The molecule has 0 fully saturated rings. The second kappa shape index (κ2) is 7.86. The number of H-pyrrole nitrogens is 1. The Morgan fingerprint density at radius 3 is 2.78 bits per heavy atom. The zero-order chi connectivity index (χ0) is 16.9. The Morgan fingerprint density at radius 1 is 1.26 bits per heavy atom. The number of amides is 1. The van der Waals surface area contributed by atoms with Gasteiger partial charge in [-0.15, -0.1) is 4.72 Å². The predicted molar refractivity (Wildman–Crippen MR) is 96.7 cm³/mol. The lowest BCUT2D eigenvalue weighted by Crippen LogP contribution is -2.39. The molecule has 6 heteroatoms. The van der Waals surface area contributed by atoms with Crippen molar-refractivity contribution < 1.29 is 9.35 Å². The van der Waals surface area contributed by atoms with Crippen LogP contribution in [0.2, 0.25) is 0 Å². The summed E-state index contributed by atoms with van der Waals surface area (Å²) in [4.78, 5) is 15.1. The summed E-state index contributed by atoms with van der Waals surface area (Å²) in [5.74, 6) is 0.0110. The van der Waals surface area contributed by atoms with Gasteiger partial charge in [0.15, 0.2) is 0 Å². The third-order valence-electron chi connectivity index (χ3n) is 3.46. The van der Waals surface area contributed by atoms with Crippen LogP contribution in [0, 0.1) is 0 Å². The van der Waals surface area contributed by atoms with Crippen LogP contribution in [0.4, 0.5) is 5.69 Å². The fourth-order valence-electron chi connectivity index (χ4n) is 2.15. The van der Waals surface area contributed by atoms with Crippen molar-refractivity contribution in [2.24, 2.45) is 0 Å². The smallest absolute Gasteiger partial charge is 0.224 e. The molecule has 2 rings (SSSR count). The minimum Gasteiger partial charge on any atom is -0.598 e. The minimum absolute atomic E-state index is 0.0110. The maximum Gasteiger partial charge on any atom is 0.224 e. The van der Waals surface area contributed by atoms with E-state index in [9.17, 15) is 9.35 Å². The van der Waals surface area contributed by atoms with Gasteiger partial charge in [0.05, 0.1) is 0 Å². The Labute approximate surface area is 140 Å². The number of aromatic amines is 1. The lowest BCUT2D eigenvalue weighted by Gasteiger charge is -2.23. The molecular formula is C17H25N3O2S. The molecule has 23 heavy (non-hydrogen) atoms. The summed E-state index contributed by atoms with van der Waals surface area (Å²) in [6.45, 7) is 6.47. The fraction of sp³-hybridized carbons (Fsp3) is 0.471. The van der Waals surface area contributed by atoms with Gasteiger partial charge in [0, 0.05) is 47.1 Å². The van der Waals surface area contributed by atoms with E-state index >= 15 is 0 Å². The number of hydrogen-bond donors (Lipinski definition) is 3. The number of hydrogen-bond acceptors (Lipinski definition) is 3. The summed E-state index contributed by atoms with van der Waals surface area (Å²) in [6, 6.07) is 7.78. The second-order valence-electron chi connectivity index (χ2n) is 6.56. The predicted octanol–water partition coefficient (Wildman–Crippen LogP) is 3.33. The molecule has 5 nitrogen and oxygen atoms in total. The highest BCUT2D eigenvalue weighted by molar-refractivity contribution is 7.90. The third-order valence-corrected chi connectivity index (χ3v) is 5.04. The molecule has 0 radical (unpaired) electrons. The van der Waals surface area contributed by atoms with Crippen LogP contribution in [-0.2, 0) is 16.2 Å². The SMILES string of the molecule is CC(C)(C)[S+]([O-])NCCCCC(=O)Nc1ccc2[nH]ccc2c1. The molecule has 1 aromatic heterocycles. The monoisotopic (exact) mass is 335 g/mol. The fourth-order valence-corrected chi connectivity index (χ4v) is 2.91. The lowest BCUT2D eigenvalue weighted by molar-refractivity contribution is -0.116. The van der Waals surface area contributed by atoms with E-state index in [0.29, 0.717) is 13.0 Å². The first-order valence-electron chi connectivity index (χ1n) is 7.88. The minimum atomic E-state index is -1.05. The van der Waals surface area contributed by atoms with E-state index in [0.717, 1.165) is 29.4 Å². The van der Waals surface area contributed by atoms with Gasteiger partial charge in [0.25, 0.3) is 0 Å². The standard InChI is InChI=1S/C17H25N3O2S/c1-17(2,3)23(22)19-10-5-4-6-16(21)20-14-7-8-15-13(12-14)9-11-18-15/h7-9,11-12,18-19H,4-6,10H2,1-3H3,(H,20,21). The van der Waals surface area contributed by atoms with Crippen LogP contribution >= 0.6 is 0 Å². The summed E-state index contributed by atoms with van der Waals surface area (Å²) >= 11 is -1.05. The average Bonchev–Trinajstić information content (AvgIpc) is 2.93. The van der Waals surface area contributed by atoms with E-state index < -0.39 is 11.4 Å². The highest BCUT2D eigenvalue weighted by Gasteiger charge is 2.25. The Kier molecular flexibility index (Phi) is 6.10. The third kappa shape index (κ3) is 5.57. The van der Waals surface area contributed by atoms with Crippen LogP contribution in [0.3, 0.4) is 0 Å². The molecule has 0 saturated carbocycles. The van der Waals surface area contributed by atoms with Crippen LogP contribution in [0.15, 0.2) is 30.5 Å². The van der Waals surface area contributed by atoms with Crippen LogP contribution in [-0.4, -0.2) is 26.7 Å². The van der Waals surface area contributed by atoms with Crippen molar-refractivity contribution in [3.8, 4) is 0 Å². The average molecular weight is 335 g/mol. The van der Waals surface area contributed by atoms with Crippen LogP contribution in [0.5, 0.6) is 0 Å². The van der Waals surface area contributed by atoms with Gasteiger partial charge in [0.1, 0.15) is 4.75 Å². The van der Waals surface area contributed by atoms with Gasteiger partial charge in [-0.05, 0) is 57.9 Å². The molecule has 0 aliphatic heterocycles. The van der Waals surface area contributed by atoms with Crippen LogP contribution in [0.1, 0.15) is 40.0 Å². The van der Waals surface area contributed by atoms with E-state index in [1.165, 1.54) is 0 Å². The summed E-state index contributed by atoms with van der Waals surface area (Å²) in [5.41, 5.74) is 1.87. The van der Waals surface area contributed by atoms with Crippen molar-refractivity contribution in [1.29, 1.82) is 0 Å². The number of carbonyl (C=O) groups is 1. The van der Waals surface area contributed by atoms with Crippen molar-refractivity contribution in [1.82, 2.24) is 9.71 Å². The summed E-state index contributed by atoms with van der Waals surface area (Å²) in [6.07, 6.45) is 3.94. The lowest BCUT2D eigenvalue weighted by atomic mass is 10.2. The molecule has 0 spiro atoms. The van der Waals surface area contributed by atoms with E-state index in [2.05, 4.69) is 15.0 Å². The number of fused-ring (bicyclic) bond motifs is 1. The molecule has 0 saturated heterocycles. The summed E-state index contributed by atoms with van der Waals surface area (Å²) in [7, 11) is 0. The molecule has 0 aliphatic carbocycles. The van der Waals surface area contributed by atoms with Gasteiger partial charge >= 0.3 is 0 Å².